The molecule has 4 aliphatic heterocycles. The van der Waals surface area contributed by atoms with Crippen LogP contribution >= 0.6 is 43.5 Å². The van der Waals surface area contributed by atoms with Crippen molar-refractivity contribution < 1.29 is 28.6 Å². The standard InChI is InChI=1S/C21H22BrFN6O2.C11H12ClN5O2.C10H11BrFN/c22-16-10-13(23)3-4-15(16)18-2-1-7-28(18)19-6-9-29-20(26-19)17(11-24-29)25-21(31)27-8-5-14(30)12-27;12-9-2-4-17-10(15-9)8(5-13-17)14-11(19)16-3-1-7(18)6-16;11-9-6-7(12)3-4-8(9)10-2-1-5-13-10/h3-4,6,9-11,14,18,30H,1-2,5,7-8,12H2,(H,25,31);2,4-5,7,18H,1,3,6H2,(H,14,19);3-4,6,10,13H,1-2,5H2/t14-,18?;7-;/m00./s1. The monoisotopic (exact) mass is 1010 g/mol. The number of nitrogens with one attached hydrogen (secondary N) is 3. The first kappa shape index (κ1) is 44.6. The van der Waals surface area contributed by atoms with Gasteiger partial charge in [0.25, 0.3) is 0 Å². The maximum Gasteiger partial charge on any atom is 0.322 e. The predicted octanol–water partition coefficient (Wildman–Crippen LogP) is 7.56. The number of halogens is 5. The molecule has 2 aromatic carbocycles. The molecule has 16 nitrogen and oxygen atoms in total. The van der Waals surface area contributed by atoms with Gasteiger partial charge in [0.05, 0.1) is 30.6 Å². The first-order valence-electron chi connectivity index (χ1n) is 20.6. The van der Waals surface area contributed by atoms with Gasteiger partial charge in [-0.2, -0.15) is 10.2 Å². The fourth-order valence-corrected chi connectivity index (χ4v) is 9.53. The number of fused-ring (bicyclic) bond motifs is 2. The molecule has 4 aliphatic rings. The largest absolute Gasteiger partial charge is 0.391 e. The summed E-state index contributed by atoms with van der Waals surface area (Å²) in [5, 5.41) is 36.8. The Balaban J connectivity index is 0.000000144. The summed E-state index contributed by atoms with van der Waals surface area (Å²) in [6, 6.07) is 13.1. The molecule has 0 radical (unpaired) electrons. The van der Waals surface area contributed by atoms with Crippen LogP contribution in [0.5, 0.6) is 0 Å². The molecular weight excluding hydrogens is 970 g/mol. The van der Waals surface area contributed by atoms with Crippen LogP contribution in [0.2, 0.25) is 5.15 Å². The van der Waals surface area contributed by atoms with Gasteiger partial charge in [-0.15, -0.1) is 0 Å². The number of carbonyl (C=O) groups is 2. The van der Waals surface area contributed by atoms with E-state index in [-0.39, 0.29) is 29.7 Å². The number of β-amino-alcohol motifs (C(OH)–C–C–N with tert-alkyl or cyclic N) is 2. The van der Waals surface area contributed by atoms with E-state index in [0.717, 1.165) is 52.7 Å². The fourth-order valence-electron chi connectivity index (χ4n) is 8.15. The van der Waals surface area contributed by atoms with Crippen molar-refractivity contribution >= 4 is 84.0 Å². The van der Waals surface area contributed by atoms with Crippen LogP contribution in [0.1, 0.15) is 61.7 Å². The summed E-state index contributed by atoms with van der Waals surface area (Å²) in [6.07, 6.45) is 11.1. The smallest absolute Gasteiger partial charge is 0.322 e. The number of aliphatic hydroxyl groups excluding tert-OH is 2. The van der Waals surface area contributed by atoms with E-state index in [1.165, 1.54) is 47.0 Å². The molecule has 4 saturated heterocycles. The van der Waals surface area contributed by atoms with Gasteiger partial charge in [0.2, 0.25) is 0 Å². The second kappa shape index (κ2) is 19.8. The number of aliphatic hydroxyl groups is 2. The van der Waals surface area contributed by atoms with Crippen LogP contribution in [-0.2, 0) is 0 Å². The molecular formula is C42H45Br2ClF2N12O4. The third-order valence-corrected chi connectivity index (χ3v) is 12.9. The first-order chi connectivity index (χ1) is 30.4. The summed E-state index contributed by atoms with van der Waals surface area (Å²) >= 11 is 12.7. The predicted molar refractivity (Wildman–Crippen MR) is 241 cm³/mol. The molecule has 4 amide bonds. The molecule has 5 N–H and O–H groups in total. The zero-order chi connectivity index (χ0) is 44.2. The number of aromatic nitrogens is 6. The molecule has 8 heterocycles. The minimum Gasteiger partial charge on any atom is -0.391 e. The second-order valence-corrected chi connectivity index (χ2v) is 17.8. The molecule has 4 atom stereocenters. The van der Waals surface area contributed by atoms with Crippen molar-refractivity contribution in [3.8, 4) is 0 Å². The highest BCUT2D eigenvalue weighted by atomic mass is 79.9. The highest BCUT2D eigenvalue weighted by Gasteiger charge is 2.30. The number of amides is 4. The zero-order valence-electron chi connectivity index (χ0n) is 33.8. The third kappa shape index (κ3) is 10.5. The molecule has 4 aromatic heterocycles. The number of hydrogen-bond acceptors (Lipinski definition) is 10. The zero-order valence-corrected chi connectivity index (χ0v) is 37.8. The summed E-state index contributed by atoms with van der Waals surface area (Å²) in [4.78, 5) is 38.8. The maximum atomic E-state index is 13.6. The highest BCUT2D eigenvalue weighted by Crippen LogP contribution is 2.39. The van der Waals surface area contributed by atoms with Crippen LogP contribution in [0.15, 0.2) is 82.3 Å². The molecule has 2 unspecified atom stereocenters. The average molecular weight is 1020 g/mol. The molecule has 10 rings (SSSR count). The van der Waals surface area contributed by atoms with Gasteiger partial charge in [-0.3, -0.25) is 0 Å². The van der Waals surface area contributed by atoms with Crippen molar-refractivity contribution in [1.82, 2.24) is 44.3 Å². The second-order valence-electron chi connectivity index (χ2n) is 15.7. The Hall–Kier alpha value is -4.99. The van der Waals surface area contributed by atoms with E-state index >= 15 is 0 Å². The van der Waals surface area contributed by atoms with Crippen LogP contribution in [0.3, 0.4) is 0 Å². The number of hydrogen-bond donors (Lipinski definition) is 5. The van der Waals surface area contributed by atoms with Crippen LogP contribution in [-0.4, -0.2) is 113 Å². The summed E-state index contributed by atoms with van der Waals surface area (Å²) in [7, 11) is 0. The lowest BCUT2D eigenvalue weighted by molar-refractivity contribution is 0.176. The summed E-state index contributed by atoms with van der Waals surface area (Å²) < 4.78 is 31.1. The van der Waals surface area contributed by atoms with Gasteiger partial charge in [0.1, 0.15) is 34.0 Å². The quantitative estimate of drug-likeness (QED) is 0.108. The Morgan fingerprint density at radius 1 is 0.730 bits per heavy atom. The van der Waals surface area contributed by atoms with Gasteiger partial charge in [-0.05, 0) is 92.6 Å². The van der Waals surface area contributed by atoms with Crippen molar-refractivity contribution in [3.63, 3.8) is 0 Å². The molecule has 0 aliphatic carbocycles. The van der Waals surface area contributed by atoms with Crippen molar-refractivity contribution in [2.45, 2.75) is 62.8 Å². The van der Waals surface area contributed by atoms with Crippen molar-refractivity contribution in [1.29, 1.82) is 0 Å². The number of likely N-dealkylation sites (tertiary alicyclic amines) is 2. The van der Waals surface area contributed by atoms with Gasteiger partial charge in [0.15, 0.2) is 11.3 Å². The average Bonchev–Trinajstić information content (AvgIpc) is 4.13. The molecule has 4 fully saturated rings. The Bertz CT molecular complexity index is 2600. The summed E-state index contributed by atoms with van der Waals surface area (Å²) in [5.74, 6) is 0.317. The Labute approximate surface area is 382 Å². The van der Waals surface area contributed by atoms with Crippen LogP contribution in [0.4, 0.5) is 35.6 Å². The fraction of sp³-hybridized carbons (Fsp3) is 0.381. The number of rotatable bonds is 5. The maximum absolute atomic E-state index is 13.6. The molecule has 0 saturated carbocycles. The van der Waals surface area contributed by atoms with E-state index in [9.17, 15) is 28.6 Å². The number of urea groups is 2. The molecule has 332 valence electrons. The first-order valence-corrected chi connectivity index (χ1v) is 22.6. The van der Waals surface area contributed by atoms with Gasteiger partial charge in [-0.1, -0.05) is 55.6 Å². The van der Waals surface area contributed by atoms with E-state index in [0.29, 0.717) is 72.9 Å². The minimum atomic E-state index is -0.475. The van der Waals surface area contributed by atoms with Gasteiger partial charge in [0, 0.05) is 60.1 Å². The Kier molecular flexibility index (Phi) is 14.0. The molecule has 0 spiro atoms. The van der Waals surface area contributed by atoms with E-state index in [2.05, 4.69) is 67.9 Å². The topological polar surface area (TPSA) is 181 Å². The van der Waals surface area contributed by atoms with Gasteiger partial charge in [-0.25, -0.2) is 37.4 Å². The molecule has 21 heteroatoms. The number of carbonyl (C=O) groups excluding carboxylic acids is 2. The lowest BCUT2D eigenvalue weighted by Crippen LogP contribution is -2.33. The summed E-state index contributed by atoms with van der Waals surface area (Å²) in [5.41, 5.74) is 4.24. The number of nitrogens with zero attached hydrogens (tertiary/aromatic N) is 9. The molecule has 6 aromatic rings. The lowest BCUT2D eigenvalue weighted by Gasteiger charge is -2.27. The number of benzene rings is 2. The van der Waals surface area contributed by atoms with E-state index in [4.69, 9.17) is 16.6 Å². The van der Waals surface area contributed by atoms with Gasteiger partial charge >= 0.3 is 12.1 Å². The van der Waals surface area contributed by atoms with E-state index in [1.807, 2.05) is 24.4 Å². The Morgan fingerprint density at radius 3 is 1.84 bits per heavy atom. The van der Waals surface area contributed by atoms with E-state index in [1.54, 1.807) is 32.8 Å². The van der Waals surface area contributed by atoms with Crippen LogP contribution < -0.4 is 20.9 Å². The molecule has 0 bridgehead atoms. The van der Waals surface area contributed by atoms with Crippen molar-refractivity contribution in [3.05, 3.63) is 110 Å². The molecule has 63 heavy (non-hydrogen) atoms. The normalized spacial score (nSPS) is 20.8. The number of anilines is 3. The lowest BCUT2D eigenvalue weighted by atomic mass is 10.0. The summed E-state index contributed by atoms with van der Waals surface area (Å²) in [6.45, 7) is 3.63. The Morgan fingerprint density at radius 2 is 1.30 bits per heavy atom. The third-order valence-electron chi connectivity index (χ3n) is 11.3. The van der Waals surface area contributed by atoms with E-state index < -0.39 is 12.2 Å². The van der Waals surface area contributed by atoms with Crippen molar-refractivity contribution in [2.75, 3.05) is 54.8 Å². The van der Waals surface area contributed by atoms with Crippen LogP contribution in [0.25, 0.3) is 11.3 Å². The van der Waals surface area contributed by atoms with Crippen LogP contribution in [0, 0.1) is 11.6 Å². The van der Waals surface area contributed by atoms with Crippen molar-refractivity contribution in [2.24, 2.45) is 0 Å². The highest BCUT2D eigenvalue weighted by molar-refractivity contribution is 9.10. The van der Waals surface area contributed by atoms with Gasteiger partial charge < -0.3 is 40.9 Å². The minimum absolute atomic E-state index is 0.0805. The SMILES string of the molecule is Fc1ccc(C2CCCN2)c(Br)c1.O=C(Nc1cnn2ccc(Cl)nc12)N1CC[C@H](O)C1.O=C(Nc1cnn2ccc(N3CCCC3c3ccc(F)cc3Br)nc12)N1CC[C@H](O)C1.